The number of aliphatic hydroxyl groups excluding tert-OH is 2. The van der Waals surface area contributed by atoms with Gasteiger partial charge in [0.25, 0.3) is 0 Å². The third-order valence-corrected chi connectivity index (χ3v) is 3.19. The second kappa shape index (κ2) is 6.45. The molecule has 0 radical (unpaired) electrons. The second-order valence-corrected chi connectivity index (χ2v) is 4.38. The predicted octanol–water partition coefficient (Wildman–Crippen LogP) is 1.72. The van der Waals surface area contributed by atoms with Gasteiger partial charge < -0.3 is 15.5 Å². The van der Waals surface area contributed by atoms with E-state index >= 15 is 0 Å². The summed E-state index contributed by atoms with van der Waals surface area (Å²) in [5.41, 5.74) is 0.758. The lowest BCUT2D eigenvalue weighted by Gasteiger charge is -2.12. The van der Waals surface area contributed by atoms with E-state index in [2.05, 4.69) is 21.2 Å². The monoisotopic (exact) mass is 293 g/mol. The Labute approximate surface area is 102 Å². The van der Waals surface area contributed by atoms with E-state index in [1.807, 2.05) is 0 Å². The fourth-order valence-corrected chi connectivity index (χ4v) is 1.59. The molecule has 0 bridgehead atoms. The number of benzene rings is 1. The highest BCUT2D eigenvalue weighted by molar-refractivity contribution is 9.10. The van der Waals surface area contributed by atoms with Crippen molar-refractivity contribution in [1.29, 1.82) is 0 Å². The van der Waals surface area contributed by atoms with E-state index in [1.54, 1.807) is 18.2 Å². The lowest BCUT2D eigenvalue weighted by molar-refractivity contribution is 0.171. The average molecular weight is 295 g/mol. The largest absolute Gasteiger partial charge is 0.395 e. The molecule has 84 valence electrons. The van der Waals surface area contributed by atoms with Gasteiger partial charge in [-0.3, -0.25) is 0 Å². The van der Waals surface area contributed by atoms with Crippen LogP contribution in [-0.4, -0.2) is 29.9 Å². The normalized spacial score (nSPS) is 12.8. The second-order valence-electron chi connectivity index (χ2n) is 3.12. The first-order valence-corrected chi connectivity index (χ1v) is 5.77. The molecule has 0 aromatic heterocycles. The minimum atomic E-state index is -0.609. The Bertz CT molecular complexity index is 322. The van der Waals surface area contributed by atoms with Crippen molar-refractivity contribution >= 4 is 27.5 Å². The molecule has 0 amide bonds. The molecule has 3 nitrogen and oxygen atoms in total. The maximum Gasteiger partial charge on any atom is 0.0914 e. The van der Waals surface area contributed by atoms with Gasteiger partial charge in [0.1, 0.15) is 0 Å². The van der Waals surface area contributed by atoms with Crippen LogP contribution in [0.15, 0.2) is 22.7 Å². The summed E-state index contributed by atoms with van der Waals surface area (Å²) >= 11 is 9.18. The molecule has 1 aromatic carbocycles. The molecule has 0 spiro atoms. The molecule has 0 heterocycles. The fourth-order valence-electron chi connectivity index (χ4n) is 1.16. The summed E-state index contributed by atoms with van der Waals surface area (Å²) in [4.78, 5) is 0. The molecule has 0 aliphatic carbocycles. The molecule has 0 saturated heterocycles. The van der Waals surface area contributed by atoms with Crippen LogP contribution >= 0.6 is 27.5 Å². The number of rotatable bonds is 5. The van der Waals surface area contributed by atoms with Crippen LogP contribution in [0.5, 0.6) is 0 Å². The molecule has 0 aliphatic rings. The van der Waals surface area contributed by atoms with Gasteiger partial charge in [-0.05, 0) is 33.6 Å². The fraction of sp³-hybridized carbons (Fsp3) is 0.400. The maximum atomic E-state index is 9.74. The van der Waals surface area contributed by atoms with Gasteiger partial charge in [-0.25, -0.2) is 0 Å². The van der Waals surface area contributed by atoms with Gasteiger partial charge in [-0.15, -0.1) is 0 Å². The zero-order valence-electron chi connectivity index (χ0n) is 8.08. The Morgan fingerprint density at radius 2 is 2.20 bits per heavy atom. The van der Waals surface area contributed by atoms with Crippen molar-refractivity contribution in [3.63, 3.8) is 0 Å². The summed E-state index contributed by atoms with van der Waals surface area (Å²) in [5, 5.41) is 21.8. The van der Waals surface area contributed by atoms with E-state index in [0.29, 0.717) is 18.1 Å². The zero-order valence-corrected chi connectivity index (χ0v) is 10.4. The first-order chi connectivity index (χ1) is 7.15. The minimum absolute atomic E-state index is 0.0633. The molecule has 5 heteroatoms. The Morgan fingerprint density at radius 1 is 1.47 bits per heavy atom. The van der Waals surface area contributed by atoms with Gasteiger partial charge in [-0.1, -0.05) is 17.7 Å². The van der Waals surface area contributed by atoms with Gasteiger partial charge in [0, 0.05) is 17.6 Å². The standard InChI is InChI=1S/C10H13BrClNO2/c11-8-2-1-7(5-9(8)12)10(15)6-13-3-4-14/h1-2,5,10,13-15H,3-4,6H2/t10-/m1/s1. The third-order valence-electron chi connectivity index (χ3n) is 1.95. The summed E-state index contributed by atoms with van der Waals surface area (Å²) in [6, 6.07) is 5.32. The van der Waals surface area contributed by atoms with Crippen molar-refractivity contribution in [1.82, 2.24) is 5.32 Å². The lowest BCUT2D eigenvalue weighted by atomic mass is 10.1. The molecule has 15 heavy (non-hydrogen) atoms. The summed E-state index contributed by atoms with van der Waals surface area (Å²) < 4.78 is 0.809. The summed E-state index contributed by atoms with van der Waals surface area (Å²) in [7, 11) is 0. The minimum Gasteiger partial charge on any atom is -0.395 e. The van der Waals surface area contributed by atoms with Crippen molar-refractivity contribution in [2.45, 2.75) is 6.10 Å². The number of hydrogen-bond acceptors (Lipinski definition) is 3. The van der Waals surface area contributed by atoms with E-state index in [1.165, 1.54) is 0 Å². The van der Waals surface area contributed by atoms with Crippen LogP contribution in [0.25, 0.3) is 0 Å². The van der Waals surface area contributed by atoms with Gasteiger partial charge in [0.05, 0.1) is 17.7 Å². The molecule has 1 rings (SSSR count). The van der Waals surface area contributed by atoms with Crippen LogP contribution in [0.4, 0.5) is 0 Å². The lowest BCUT2D eigenvalue weighted by Crippen LogP contribution is -2.24. The van der Waals surface area contributed by atoms with Crippen LogP contribution in [0, 0.1) is 0 Å². The molecule has 0 fully saturated rings. The zero-order chi connectivity index (χ0) is 11.3. The van der Waals surface area contributed by atoms with Crippen LogP contribution < -0.4 is 5.32 Å². The first kappa shape index (κ1) is 12.9. The summed E-state index contributed by atoms with van der Waals surface area (Å²) in [6.07, 6.45) is -0.609. The molecule has 0 saturated carbocycles. The van der Waals surface area contributed by atoms with Crippen LogP contribution in [0.1, 0.15) is 11.7 Å². The van der Waals surface area contributed by atoms with Gasteiger partial charge >= 0.3 is 0 Å². The van der Waals surface area contributed by atoms with Gasteiger partial charge in [-0.2, -0.15) is 0 Å². The number of halogens is 2. The third kappa shape index (κ3) is 4.09. The van der Waals surface area contributed by atoms with Crippen LogP contribution in [0.2, 0.25) is 5.02 Å². The highest BCUT2D eigenvalue weighted by Crippen LogP contribution is 2.25. The quantitative estimate of drug-likeness (QED) is 0.725. The Morgan fingerprint density at radius 3 is 2.80 bits per heavy atom. The highest BCUT2D eigenvalue weighted by atomic mass is 79.9. The van der Waals surface area contributed by atoms with E-state index < -0.39 is 6.10 Å². The Hall–Kier alpha value is -0.130. The summed E-state index contributed by atoms with van der Waals surface area (Å²) in [5.74, 6) is 0. The molecule has 3 N–H and O–H groups in total. The van der Waals surface area contributed by atoms with Crippen molar-refractivity contribution in [3.8, 4) is 0 Å². The summed E-state index contributed by atoms with van der Waals surface area (Å²) in [6.45, 7) is 0.938. The van der Waals surface area contributed by atoms with Crippen molar-refractivity contribution < 1.29 is 10.2 Å². The molecular formula is C10H13BrClNO2. The highest BCUT2D eigenvalue weighted by Gasteiger charge is 2.08. The number of aliphatic hydroxyl groups is 2. The predicted molar refractivity (Wildman–Crippen MR) is 64.1 cm³/mol. The van der Waals surface area contributed by atoms with Crippen LogP contribution in [-0.2, 0) is 0 Å². The molecule has 1 aromatic rings. The van der Waals surface area contributed by atoms with Gasteiger partial charge in [0.15, 0.2) is 0 Å². The molecular weight excluding hydrogens is 281 g/mol. The molecule has 0 unspecified atom stereocenters. The van der Waals surface area contributed by atoms with Crippen LogP contribution in [0.3, 0.4) is 0 Å². The number of hydrogen-bond donors (Lipinski definition) is 3. The molecule has 0 aliphatic heterocycles. The topological polar surface area (TPSA) is 52.5 Å². The van der Waals surface area contributed by atoms with E-state index in [4.69, 9.17) is 16.7 Å². The van der Waals surface area contributed by atoms with Crippen molar-refractivity contribution in [3.05, 3.63) is 33.3 Å². The Balaban J connectivity index is 2.57. The smallest absolute Gasteiger partial charge is 0.0914 e. The van der Waals surface area contributed by atoms with E-state index in [-0.39, 0.29) is 6.61 Å². The van der Waals surface area contributed by atoms with E-state index in [0.717, 1.165) is 10.0 Å². The SMILES string of the molecule is OCCNC[C@@H](O)c1ccc(Br)c(Cl)c1. The first-order valence-electron chi connectivity index (χ1n) is 4.59. The number of nitrogens with one attached hydrogen (secondary N) is 1. The average Bonchev–Trinajstić information content (AvgIpc) is 2.22. The maximum absolute atomic E-state index is 9.74. The van der Waals surface area contributed by atoms with E-state index in [9.17, 15) is 5.11 Å². The Kier molecular flexibility index (Phi) is 5.56. The van der Waals surface area contributed by atoms with Crippen molar-refractivity contribution in [2.75, 3.05) is 19.7 Å². The molecule has 1 atom stereocenters. The van der Waals surface area contributed by atoms with Gasteiger partial charge in [0.2, 0.25) is 0 Å². The van der Waals surface area contributed by atoms with Crippen molar-refractivity contribution in [2.24, 2.45) is 0 Å².